The molecule has 0 radical (unpaired) electrons. The van der Waals surface area contributed by atoms with Gasteiger partial charge in [0.2, 0.25) is 5.95 Å². The molecule has 1 aliphatic heterocycles. The van der Waals surface area contributed by atoms with Crippen LogP contribution in [0.3, 0.4) is 0 Å². The maximum atomic E-state index is 5.29. The van der Waals surface area contributed by atoms with Crippen LogP contribution in [0.1, 0.15) is 0 Å². The van der Waals surface area contributed by atoms with Crippen LogP contribution < -0.4 is 15.3 Å². The third kappa shape index (κ3) is 3.04. The summed E-state index contributed by atoms with van der Waals surface area (Å²) in [6.07, 6.45) is 0. The molecule has 1 aliphatic rings. The molecule has 0 bridgehead atoms. The molecule has 172 valence electrons. The normalized spacial score (nSPS) is 14.0. The number of nitrogens with zero attached hydrogens (tertiary/aromatic N) is 3. The molecule has 0 atom stereocenters. The fraction of sp³-hybridized carbons (Fsp3) is 0.0625. The van der Waals surface area contributed by atoms with Crippen LogP contribution in [-0.2, 0) is 0 Å². The van der Waals surface area contributed by atoms with E-state index in [0.29, 0.717) is 5.95 Å². The lowest BCUT2D eigenvalue weighted by atomic mass is 10.0. The number of benzene rings is 5. The van der Waals surface area contributed by atoms with Crippen LogP contribution in [0.5, 0.6) is 0 Å². The van der Waals surface area contributed by atoms with E-state index < -0.39 is 8.07 Å². The number of fused-ring (bicyclic) bond motifs is 5. The average molecular weight is 480 g/mol. The van der Waals surface area contributed by atoms with E-state index in [4.69, 9.17) is 9.97 Å². The number of anilines is 3. The molecule has 3 nitrogen and oxygen atoms in total. The summed E-state index contributed by atoms with van der Waals surface area (Å²) in [4.78, 5) is 12.8. The van der Waals surface area contributed by atoms with Crippen molar-refractivity contribution in [2.45, 2.75) is 13.1 Å². The molecule has 0 unspecified atom stereocenters. The molecule has 4 heteroatoms. The average Bonchev–Trinajstić information content (AvgIpc) is 2.93. The predicted octanol–water partition coefficient (Wildman–Crippen LogP) is 7.06. The van der Waals surface area contributed by atoms with Crippen molar-refractivity contribution in [1.29, 1.82) is 0 Å². The molecule has 6 aromatic rings. The van der Waals surface area contributed by atoms with E-state index in [2.05, 4.69) is 127 Å². The number of rotatable bonds is 2. The zero-order valence-electron chi connectivity index (χ0n) is 20.3. The lowest BCUT2D eigenvalue weighted by Crippen LogP contribution is -2.58. The molecule has 7 rings (SSSR count). The first-order valence-electron chi connectivity index (χ1n) is 12.4. The first-order valence-corrected chi connectivity index (χ1v) is 15.4. The molecule has 0 saturated heterocycles. The molecule has 5 aromatic carbocycles. The second-order valence-electron chi connectivity index (χ2n) is 9.92. The first-order chi connectivity index (χ1) is 17.6. The van der Waals surface area contributed by atoms with Gasteiger partial charge in [-0.3, -0.25) is 4.90 Å². The Morgan fingerprint density at radius 1 is 0.556 bits per heavy atom. The maximum Gasteiger partial charge on any atom is 0.235 e. The standard InChI is InChI=1S/C32H25N3Si/c1-36(2)28-18-10-8-16-26(28)35(27-17-9-11-19-29(27)36)32-33-30(23-13-4-3-5-14-23)25-21-20-22-12-6-7-15-24(22)31(25)34-32/h3-21H,1-2H3. The highest BCUT2D eigenvalue weighted by molar-refractivity contribution is 7.02. The molecule has 0 spiro atoms. The minimum absolute atomic E-state index is 0.710. The van der Waals surface area contributed by atoms with Crippen molar-refractivity contribution in [2.75, 3.05) is 4.90 Å². The van der Waals surface area contributed by atoms with Crippen molar-refractivity contribution < 1.29 is 0 Å². The zero-order valence-corrected chi connectivity index (χ0v) is 21.3. The molecular weight excluding hydrogens is 454 g/mol. The van der Waals surface area contributed by atoms with E-state index in [1.807, 2.05) is 6.07 Å². The molecule has 36 heavy (non-hydrogen) atoms. The van der Waals surface area contributed by atoms with Gasteiger partial charge in [-0.05, 0) is 34.0 Å². The second kappa shape index (κ2) is 7.87. The van der Waals surface area contributed by atoms with Gasteiger partial charge >= 0.3 is 0 Å². The van der Waals surface area contributed by atoms with Gasteiger partial charge in [-0.2, -0.15) is 0 Å². The third-order valence-corrected chi connectivity index (χ3v) is 11.0. The van der Waals surface area contributed by atoms with Crippen LogP contribution in [0.25, 0.3) is 32.9 Å². The fourth-order valence-electron chi connectivity index (χ4n) is 5.65. The molecule has 0 amide bonds. The largest absolute Gasteiger partial charge is 0.279 e. The number of hydrogen-bond donors (Lipinski definition) is 0. The minimum atomic E-state index is -1.88. The Balaban J connectivity index is 1.60. The van der Waals surface area contributed by atoms with Crippen LogP contribution in [-0.4, -0.2) is 18.0 Å². The summed E-state index contributed by atoms with van der Waals surface area (Å²) in [7, 11) is -1.88. The number of para-hydroxylation sites is 2. The summed E-state index contributed by atoms with van der Waals surface area (Å²) in [6.45, 7) is 4.87. The third-order valence-electron chi connectivity index (χ3n) is 7.46. The van der Waals surface area contributed by atoms with Gasteiger partial charge in [0.15, 0.2) is 0 Å². The summed E-state index contributed by atoms with van der Waals surface area (Å²) >= 11 is 0. The predicted molar refractivity (Wildman–Crippen MR) is 154 cm³/mol. The molecule has 0 aliphatic carbocycles. The van der Waals surface area contributed by atoms with E-state index in [-0.39, 0.29) is 0 Å². The van der Waals surface area contributed by atoms with Crippen molar-refractivity contribution in [1.82, 2.24) is 9.97 Å². The van der Waals surface area contributed by atoms with Gasteiger partial charge < -0.3 is 0 Å². The van der Waals surface area contributed by atoms with Crippen LogP contribution in [0, 0.1) is 0 Å². The monoisotopic (exact) mass is 479 g/mol. The Bertz CT molecular complexity index is 1730. The molecule has 0 N–H and O–H groups in total. The second-order valence-corrected chi connectivity index (χ2v) is 14.2. The van der Waals surface area contributed by atoms with Crippen LogP contribution in [0.4, 0.5) is 17.3 Å². The van der Waals surface area contributed by atoms with Gasteiger partial charge in [-0.15, -0.1) is 0 Å². The van der Waals surface area contributed by atoms with Crippen LogP contribution >= 0.6 is 0 Å². The number of hydrogen-bond acceptors (Lipinski definition) is 3. The summed E-state index contributed by atoms with van der Waals surface area (Å²) in [5.41, 5.74) is 5.40. The molecular formula is C32H25N3Si. The van der Waals surface area contributed by atoms with Crippen molar-refractivity contribution in [2.24, 2.45) is 0 Å². The van der Waals surface area contributed by atoms with Crippen molar-refractivity contribution in [3.05, 3.63) is 115 Å². The van der Waals surface area contributed by atoms with Gasteiger partial charge in [-0.1, -0.05) is 110 Å². The van der Waals surface area contributed by atoms with Crippen molar-refractivity contribution in [3.63, 3.8) is 0 Å². The molecule has 0 saturated carbocycles. The SMILES string of the molecule is C[Si]1(C)c2ccccc2N(c2nc(-c3ccccc3)c3ccc4ccccc4c3n2)c2ccccc21. The quantitative estimate of drug-likeness (QED) is 0.197. The van der Waals surface area contributed by atoms with E-state index >= 15 is 0 Å². The van der Waals surface area contributed by atoms with Crippen molar-refractivity contribution >= 4 is 57.4 Å². The summed E-state index contributed by atoms with van der Waals surface area (Å²) in [5.74, 6) is 0.710. The molecule has 2 heterocycles. The van der Waals surface area contributed by atoms with Gasteiger partial charge in [0.05, 0.1) is 11.2 Å². The lowest BCUT2D eigenvalue weighted by molar-refractivity contribution is 1.12. The molecule has 0 fully saturated rings. The van der Waals surface area contributed by atoms with E-state index in [1.165, 1.54) is 27.1 Å². The highest BCUT2D eigenvalue weighted by Gasteiger charge is 2.39. The maximum absolute atomic E-state index is 5.29. The van der Waals surface area contributed by atoms with Crippen LogP contribution in [0.2, 0.25) is 13.1 Å². The number of aromatic nitrogens is 2. The van der Waals surface area contributed by atoms with Crippen LogP contribution in [0.15, 0.2) is 115 Å². The highest BCUT2D eigenvalue weighted by Crippen LogP contribution is 2.39. The lowest BCUT2D eigenvalue weighted by Gasteiger charge is -2.39. The first kappa shape index (κ1) is 21.0. The van der Waals surface area contributed by atoms with E-state index in [9.17, 15) is 0 Å². The zero-order chi connectivity index (χ0) is 24.3. The Hall–Kier alpha value is -4.28. The Morgan fingerprint density at radius 2 is 1.17 bits per heavy atom. The fourth-order valence-corrected chi connectivity index (χ4v) is 8.64. The summed E-state index contributed by atoms with van der Waals surface area (Å²) in [5, 5.41) is 6.21. The van der Waals surface area contributed by atoms with Gasteiger partial charge in [0.25, 0.3) is 0 Å². The van der Waals surface area contributed by atoms with Gasteiger partial charge in [0.1, 0.15) is 8.07 Å². The van der Waals surface area contributed by atoms with E-state index in [0.717, 1.165) is 27.5 Å². The summed E-state index contributed by atoms with van der Waals surface area (Å²) < 4.78 is 0. The van der Waals surface area contributed by atoms with E-state index in [1.54, 1.807) is 0 Å². The van der Waals surface area contributed by atoms with Crippen molar-refractivity contribution in [3.8, 4) is 11.3 Å². The minimum Gasteiger partial charge on any atom is -0.279 e. The summed E-state index contributed by atoms with van der Waals surface area (Å²) in [6, 6.07) is 40.9. The highest BCUT2D eigenvalue weighted by atomic mass is 28.3. The Kier molecular flexibility index (Phi) is 4.60. The Morgan fingerprint density at radius 3 is 1.89 bits per heavy atom. The Labute approximate surface area is 211 Å². The molecule has 1 aromatic heterocycles. The topological polar surface area (TPSA) is 29.0 Å². The smallest absolute Gasteiger partial charge is 0.235 e. The van der Waals surface area contributed by atoms with Gasteiger partial charge in [0, 0.05) is 27.7 Å². The van der Waals surface area contributed by atoms with Gasteiger partial charge in [-0.25, -0.2) is 9.97 Å².